The Bertz CT molecular complexity index is 467. The summed E-state index contributed by atoms with van der Waals surface area (Å²) >= 11 is 0. The zero-order chi connectivity index (χ0) is 14.1. The maximum atomic E-state index is 12.2. The highest BCUT2D eigenvalue weighted by Gasteiger charge is 2.56. The van der Waals surface area contributed by atoms with Crippen LogP contribution in [0.5, 0.6) is 0 Å². The van der Waals surface area contributed by atoms with Gasteiger partial charge >= 0.3 is 0 Å². The molecule has 0 aliphatic heterocycles. The van der Waals surface area contributed by atoms with E-state index in [-0.39, 0.29) is 17.4 Å². The number of carbonyl (C=O) groups is 2. The van der Waals surface area contributed by atoms with E-state index in [0.29, 0.717) is 25.1 Å². The van der Waals surface area contributed by atoms with E-state index in [1.165, 1.54) is 0 Å². The van der Waals surface area contributed by atoms with Gasteiger partial charge in [-0.25, -0.2) is 0 Å². The lowest BCUT2D eigenvalue weighted by atomic mass is 10.0. The van der Waals surface area contributed by atoms with Crippen LogP contribution in [0.15, 0.2) is 22.8 Å². The number of carbonyl (C=O) groups excluding carboxylic acids is 2. The van der Waals surface area contributed by atoms with Crippen LogP contribution in [-0.4, -0.2) is 17.4 Å². The average Bonchev–Trinajstić information content (AvgIpc) is 2.95. The molecule has 1 fully saturated rings. The molecule has 1 aromatic heterocycles. The van der Waals surface area contributed by atoms with Crippen molar-refractivity contribution in [3.05, 3.63) is 24.2 Å². The third-order valence-electron chi connectivity index (χ3n) is 3.11. The molecule has 2 N–H and O–H groups in total. The fourth-order valence-corrected chi connectivity index (χ4v) is 1.89. The predicted molar refractivity (Wildman–Crippen MR) is 70.1 cm³/mol. The summed E-state index contributed by atoms with van der Waals surface area (Å²) < 4.78 is 5.14. The van der Waals surface area contributed by atoms with Gasteiger partial charge in [-0.3, -0.25) is 9.59 Å². The van der Waals surface area contributed by atoms with Gasteiger partial charge in [0.25, 0.3) is 0 Å². The lowest BCUT2D eigenvalue weighted by molar-refractivity contribution is -0.138. The van der Waals surface area contributed by atoms with Gasteiger partial charge in [-0.1, -0.05) is 0 Å². The fourth-order valence-electron chi connectivity index (χ4n) is 1.89. The SMILES string of the molecule is CC(C)(C)NC(=O)C1(C(=O)NCc2ccco2)CC1. The molecule has 2 rings (SSSR count). The van der Waals surface area contributed by atoms with Crippen LogP contribution in [0.4, 0.5) is 0 Å². The number of hydrogen-bond acceptors (Lipinski definition) is 3. The second-order valence-electron chi connectivity index (χ2n) is 6.05. The first-order chi connectivity index (χ1) is 8.83. The molecule has 1 heterocycles. The minimum atomic E-state index is -0.875. The third kappa shape index (κ3) is 3.16. The zero-order valence-corrected chi connectivity index (χ0v) is 11.6. The Kier molecular flexibility index (Phi) is 3.39. The summed E-state index contributed by atoms with van der Waals surface area (Å²) in [5, 5.41) is 5.63. The van der Waals surface area contributed by atoms with Gasteiger partial charge in [-0.15, -0.1) is 0 Å². The smallest absolute Gasteiger partial charge is 0.236 e. The van der Waals surface area contributed by atoms with E-state index < -0.39 is 5.41 Å². The highest BCUT2D eigenvalue weighted by atomic mass is 16.3. The van der Waals surface area contributed by atoms with Crippen molar-refractivity contribution in [3.8, 4) is 0 Å². The Morgan fingerprint density at radius 3 is 2.47 bits per heavy atom. The molecule has 104 valence electrons. The summed E-state index contributed by atoms with van der Waals surface area (Å²) in [6.45, 7) is 6.03. The third-order valence-corrected chi connectivity index (χ3v) is 3.11. The van der Waals surface area contributed by atoms with Gasteiger partial charge in [-0.05, 0) is 45.7 Å². The van der Waals surface area contributed by atoms with Crippen LogP contribution < -0.4 is 10.6 Å². The van der Waals surface area contributed by atoms with Gasteiger partial charge in [0.1, 0.15) is 11.2 Å². The molecular formula is C14H20N2O3. The fraction of sp³-hybridized carbons (Fsp3) is 0.571. The quantitative estimate of drug-likeness (QED) is 0.811. The Hall–Kier alpha value is -1.78. The minimum Gasteiger partial charge on any atom is -0.467 e. The predicted octanol–water partition coefficient (Wildman–Crippen LogP) is 1.59. The second kappa shape index (κ2) is 4.72. The largest absolute Gasteiger partial charge is 0.467 e. The first kappa shape index (κ1) is 13.6. The van der Waals surface area contributed by atoms with Crippen molar-refractivity contribution in [2.24, 2.45) is 5.41 Å². The Morgan fingerprint density at radius 2 is 2.00 bits per heavy atom. The standard InChI is InChI=1S/C14H20N2O3/c1-13(2,3)16-12(18)14(6-7-14)11(17)15-9-10-5-4-8-19-10/h4-5,8H,6-7,9H2,1-3H3,(H,15,17)(H,16,18). The molecule has 0 aromatic carbocycles. The van der Waals surface area contributed by atoms with Crippen molar-refractivity contribution in [2.75, 3.05) is 0 Å². The lowest BCUT2D eigenvalue weighted by Gasteiger charge is -2.24. The zero-order valence-electron chi connectivity index (χ0n) is 11.6. The van der Waals surface area contributed by atoms with Crippen molar-refractivity contribution in [3.63, 3.8) is 0 Å². The maximum absolute atomic E-state index is 12.2. The van der Waals surface area contributed by atoms with Gasteiger partial charge in [0.05, 0.1) is 12.8 Å². The van der Waals surface area contributed by atoms with E-state index >= 15 is 0 Å². The molecule has 0 spiro atoms. The van der Waals surface area contributed by atoms with Crippen molar-refractivity contribution >= 4 is 11.8 Å². The topological polar surface area (TPSA) is 71.3 Å². The highest BCUT2D eigenvalue weighted by molar-refractivity contribution is 6.08. The first-order valence-corrected chi connectivity index (χ1v) is 6.47. The molecular weight excluding hydrogens is 244 g/mol. The molecule has 5 nitrogen and oxygen atoms in total. The summed E-state index contributed by atoms with van der Waals surface area (Å²) in [4.78, 5) is 24.3. The summed E-state index contributed by atoms with van der Waals surface area (Å²) in [5.74, 6) is 0.281. The molecule has 0 unspecified atom stereocenters. The first-order valence-electron chi connectivity index (χ1n) is 6.47. The number of hydrogen-bond donors (Lipinski definition) is 2. The van der Waals surface area contributed by atoms with E-state index in [1.54, 1.807) is 18.4 Å². The molecule has 2 amide bonds. The lowest BCUT2D eigenvalue weighted by Crippen LogP contribution is -2.49. The summed E-state index contributed by atoms with van der Waals surface area (Å²) in [6.07, 6.45) is 2.78. The molecule has 1 saturated carbocycles. The summed E-state index contributed by atoms with van der Waals surface area (Å²) in [7, 11) is 0. The Balaban J connectivity index is 1.92. The van der Waals surface area contributed by atoms with Crippen molar-refractivity contribution in [2.45, 2.75) is 45.7 Å². The van der Waals surface area contributed by atoms with Crippen molar-refractivity contribution < 1.29 is 14.0 Å². The van der Waals surface area contributed by atoms with Crippen LogP contribution in [0, 0.1) is 5.41 Å². The minimum absolute atomic E-state index is 0.183. The number of furan rings is 1. The average molecular weight is 264 g/mol. The molecule has 0 radical (unpaired) electrons. The van der Waals surface area contributed by atoms with Gasteiger partial charge in [0, 0.05) is 5.54 Å². The van der Waals surface area contributed by atoms with Gasteiger partial charge in [-0.2, -0.15) is 0 Å². The molecule has 0 atom stereocenters. The Labute approximate surface area is 112 Å². The highest BCUT2D eigenvalue weighted by Crippen LogP contribution is 2.46. The van der Waals surface area contributed by atoms with E-state index in [0.717, 1.165) is 0 Å². The second-order valence-corrected chi connectivity index (χ2v) is 6.05. The molecule has 1 aliphatic rings. The van der Waals surface area contributed by atoms with Crippen LogP contribution >= 0.6 is 0 Å². The van der Waals surface area contributed by atoms with Crippen molar-refractivity contribution in [1.29, 1.82) is 0 Å². The van der Waals surface area contributed by atoms with Crippen LogP contribution in [0.2, 0.25) is 0 Å². The van der Waals surface area contributed by atoms with Crippen LogP contribution in [-0.2, 0) is 16.1 Å². The van der Waals surface area contributed by atoms with Gasteiger partial charge in [0.15, 0.2) is 0 Å². The van der Waals surface area contributed by atoms with Crippen LogP contribution in [0.25, 0.3) is 0 Å². The molecule has 1 aliphatic carbocycles. The molecule has 1 aromatic rings. The van der Waals surface area contributed by atoms with Crippen LogP contribution in [0.1, 0.15) is 39.4 Å². The van der Waals surface area contributed by atoms with E-state index in [1.807, 2.05) is 20.8 Å². The Morgan fingerprint density at radius 1 is 1.32 bits per heavy atom. The molecule has 0 saturated heterocycles. The van der Waals surface area contributed by atoms with E-state index in [9.17, 15) is 9.59 Å². The van der Waals surface area contributed by atoms with Gasteiger partial charge in [0.2, 0.25) is 11.8 Å². The van der Waals surface area contributed by atoms with Gasteiger partial charge < -0.3 is 15.1 Å². The summed E-state index contributed by atoms with van der Waals surface area (Å²) in [5.41, 5.74) is -1.20. The van der Waals surface area contributed by atoms with E-state index in [4.69, 9.17) is 4.42 Å². The van der Waals surface area contributed by atoms with Crippen molar-refractivity contribution in [1.82, 2.24) is 10.6 Å². The van der Waals surface area contributed by atoms with Crippen LogP contribution in [0.3, 0.4) is 0 Å². The molecule has 19 heavy (non-hydrogen) atoms. The number of rotatable bonds is 4. The molecule has 0 bridgehead atoms. The maximum Gasteiger partial charge on any atom is 0.236 e. The van der Waals surface area contributed by atoms with E-state index in [2.05, 4.69) is 10.6 Å². The number of amides is 2. The number of nitrogens with one attached hydrogen (secondary N) is 2. The monoisotopic (exact) mass is 264 g/mol. The normalized spacial score (nSPS) is 16.8. The molecule has 5 heteroatoms. The summed E-state index contributed by atoms with van der Waals surface area (Å²) in [6, 6.07) is 3.55.